The number of unbranched alkanes of at least 4 members (excludes halogenated alkanes) is 2. The molecule has 3 nitrogen and oxygen atoms in total. The van der Waals surface area contributed by atoms with E-state index in [9.17, 15) is 18.0 Å². The van der Waals surface area contributed by atoms with E-state index in [1.54, 1.807) is 18.7 Å². The van der Waals surface area contributed by atoms with Crippen LogP contribution in [-0.2, 0) is 11.0 Å². The van der Waals surface area contributed by atoms with Crippen LogP contribution in [0.2, 0.25) is 0 Å². The van der Waals surface area contributed by atoms with Gasteiger partial charge in [-0.1, -0.05) is 19.8 Å². The first-order valence-electron chi connectivity index (χ1n) is 7.80. The van der Waals surface area contributed by atoms with Crippen molar-refractivity contribution in [2.45, 2.75) is 58.7 Å². The van der Waals surface area contributed by atoms with Gasteiger partial charge in [-0.25, -0.2) is 0 Å². The maximum absolute atomic E-state index is 13.1. The number of aryl methyl sites for hydroxylation is 1. The van der Waals surface area contributed by atoms with Gasteiger partial charge in [0.05, 0.1) is 11.3 Å². The number of nitrogens with zero attached hydrogens (tertiary/aromatic N) is 1. The lowest BCUT2D eigenvalue weighted by atomic mass is 9.99. The first-order valence-corrected chi connectivity index (χ1v) is 7.80. The number of anilines is 1. The average Bonchev–Trinajstić information content (AvgIpc) is 2.42. The minimum absolute atomic E-state index is 0.0906. The van der Waals surface area contributed by atoms with Crippen molar-refractivity contribution in [3.63, 3.8) is 0 Å². The lowest BCUT2D eigenvalue weighted by Crippen LogP contribution is -2.52. The molecule has 0 saturated heterocycles. The number of carbonyl (C=O) groups is 1. The van der Waals surface area contributed by atoms with Crippen LogP contribution >= 0.6 is 0 Å². The summed E-state index contributed by atoms with van der Waals surface area (Å²) in [5.74, 6) is -0.107. The predicted molar refractivity (Wildman–Crippen MR) is 82.8 cm³/mol. The Morgan fingerprint density at radius 2 is 1.87 bits per heavy atom. The molecular weight excluding hydrogens is 307 g/mol. The van der Waals surface area contributed by atoms with Crippen molar-refractivity contribution in [1.82, 2.24) is 0 Å². The second kappa shape index (κ2) is 6.06. The monoisotopic (exact) mass is 329 g/mol. The molecule has 0 unspecified atom stereocenters. The molecule has 1 amide bonds. The molecule has 0 spiro atoms. The van der Waals surface area contributed by atoms with Gasteiger partial charge in [-0.3, -0.25) is 4.79 Å². The second-order valence-corrected chi connectivity index (χ2v) is 6.41. The lowest BCUT2D eigenvalue weighted by Gasteiger charge is -2.39. The molecule has 1 aromatic carbocycles. The van der Waals surface area contributed by atoms with Gasteiger partial charge in [0.1, 0.15) is 5.75 Å². The molecule has 23 heavy (non-hydrogen) atoms. The molecule has 128 valence electrons. The number of hydrogen-bond donors (Lipinski definition) is 0. The Kier molecular flexibility index (Phi) is 4.64. The number of benzene rings is 1. The van der Waals surface area contributed by atoms with Gasteiger partial charge in [-0.2, -0.15) is 13.2 Å². The van der Waals surface area contributed by atoms with E-state index in [1.807, 2.05) is 0 Å². The Labute approximate surface area is 134 Å². The zero-order valence-electron chi connectivity index (χ0n) is 13.9. The zero-order valence-corrected chi connectivity index (χ0v) is 13.9. The van der Waals surface area contributed by atoms with Crippen molar-refractivity contribution in [3.8, 4) is 5.75 Å². The molecule has 0 aliphatic carbocycles. The maximum Gasteiger partial charge on any atom is 0.416 e. The summed E-state index contributed by atoms with van der Waals surface area (Å²) in [5.41, 5.74) is -1.38. The minimum Gasteiger partial charge on any atom is -0.476 e. The zero-order chi connectivity index (χ0) is 17.4. The molecule has 0 fully saturated rings. The Morgan fingerprint density at radius 3 is 2.43 bits per heavy atom. The molecule has 1 heterocycles. The summed E-state index contributed by atoms with van der Waals surface area (Å²) in [6, 6.07) is 2.41. The Morgan fingerprint density at radius 1 is 1.22 bits per heavy atom. The molecule has 0 aromatic heterocycles. The first-order chi connectivity index (χ1) is 10.6. The summed E-state index contributed by atoms with van der Waals surface area (Å²) < 4.78 is 44.9. The van der Waals surface area contributed by atoms with E-state index in [0.717, 1.165) is 25.3 Å². The molecule has 1 aliphatic heterocycles. The fourth-order valence-electron chi connectivity index (χ4n) is 2.77. The van der Waals surface area contributed by atoms with E-state index in [2.05, 4.69) is 6.92 Å². The summed E-state index contributed by atoms with van der Waals surface area (Å²) in [6.45, 7) is 7.10. The number of alkyl halides is 3. The van der Waals surface area contributed by atoms with Crippen molar-refractivity contribution in [2.24, 2.45) is 0 Å². The molecule has 6 heteroatoms. The van der Waals surface area contributed by atoms with Gasteiger partial charge >= 0.3 is 6.18 Å². The SMILES string of the molecule is CCCCCN1C(=O)C(C)(C)Oc2cc(C(F)(F)F)c(C)cc21. The maximum atomic E-state index is 13.1. The van der Waals surface area contributed by atoms with E-state index in [1.165, 1.54) is 13.0 Å². The van der Waals surface area contributed by atoms with Gasteiger partial charge in [-0.15, -0.1) is 0 Å². The fourth-order valence-corrected chi connectivity index (χ4v) is 2.77. The van der Waals surface area contributed by atoms with E-state index in [-0.39, 0.29) is 17.2 Å². The molecule has 1 aliphatic rings. The standard InChI is InChI=1S/C17H22F3NO2/c1-5-6-7-8-21-13-9-11(2)12(17(18,19)20)10-14(13)23-16(3,4)15(21)22/h9-10H,5-8H2,1-4H3. The van der Waals surface area contributed by atoms with Crippen LogP contribution in [0.4, 0.5) is 18.9 Å². The van der Waals surface area contributed by atoms with Crippen LogP contribution in [0.25, 0.3) is 0 Å². The average molecular weight is 329 g/mol. The van der Waals surface area contributed by atoms with Gasteiger partial charge in [0, 0.05) is 6.54 Å². The summed E-state index contributed by atoms with van der Waals surface area (Å²) in [7, 11) is 0. The largest absolute Gasteiger partial charge is 0.476 e. The Bertz CT molecular complexity index is 609. The van der Waals surface area contributed by atoms with Crippen molar-refractivity contribution in [3.05, 3.63) is 23.3 Å². The minimum atomic E-state index is -4.44. The molecule has 0 bridgehead atoms. The summed E-state index contributed by atoms with van der Waals surface area (Å²) in [6.07, 6.45) is -1.68. The van der Waals surface area contributed by atoms with Crippen molar-refractivity contribution in [2.75, 3.05) is 11.4 Å². The Hall–Kier alpha value is -1.72. The number of ether oxygens (including phenoxy) is 1. The van der Waals surface area contributed by atoms with Gasteiger partial charge in [-0.05, 0) is 44.9 Å². The number of amides is 1. The molecule has 0 saturated carbocycles. The summed E-state index contributed by atoms with van der Waals surface area (Å²) >= 11 is 0. The van der Waals surface area contributed by atoms with Crippen molar-refractivity contribution >= 4 is 11.6 Å². The predicted octanol–water partition coefficient (Wildman–Crippen LogP) is 4.71. The van der Waals surface area contributed by atoms with E-state index in [4.69, 9.17) is 4.74 Å². The van der Waals surface area contributed by atoms with Crippen LogP contribution in [0.1, 0.15) is 51.2 Å². The molecule has 0 N–H and O–H groups in total. The van der Waals surface area contributed by atoms with Crippen LogP contribution in [-0.4, -0.2) is 18.1 Å². The molecule has 0 radical (unpaired) electrons. The normalized spacial score (nSPS) is 17.0. The third kappa shape index (κ3) is 3.46. The first kappa shape index (κ1) is 17.6. The molecule has 1 aromatic rings. The van der Waals surface area contributed by atoms with E-state index in [0.29, 0.717) is 12.2 Å². The molecule has 2 rings (SSSR count). The number of fused-ring (bicyclic) bond motifs is 1. The molecule has 0 atom stereocenters. The molecular formula is C17H22F3NO2. The topological polar surface area (TPSA) is 29.5 Å². The fraction of sp³-hybridized carbons (Fsp3) is 0.588. The number of halogens is 3. The number of rotatable bonds is 4. The van der Waals surface area contributed by atoms with Gasteiger partial charge < -0.3 is 9.64 Å². The third-order valence-corrected chi connectivity index (χ3v) is 4.01. The van der Waals surface area contributed by atoms with E-state index < -0.39 is 17.3 Å². The lowest BCUT2D eigenvalue weighted by molar-refractivity contribution is -0.138. The highest BCUT2D eigenvalue weighted by Crippen LogP contribution is 2.43. The second-order valence-electron chi connectivity index (χ2n) is 6.41. The highest BCUT2D eigenvalue weighted by molar-refractivity contribution is 6.02. The van der Waals surface area contributed by atoms with Crippen LogP contribution in [0.3, 0.4) is 0 Å². The van der Waals surface area contributed by atoms with E-state index >= 15 is 0 Å². The number of hydrogen-bond acceptors (Lipinski definition) is 2. The third-order valence-electron chi connectivity index (χ3n) is 4.01. The van der Waals surface area contributed by atoms with Crippen LogP contribution in [0.15, 0.2) is 12.1 Å². The summed E-state index contributed by atoms with van der Waals surface area (Å²) in [4.78, 5) is 14.1. The van der Waals surface area contributed by atoms with Gasteiger partial charge in [0.25, 0.3) is 5.91 Å². The number of carbonyl (C=O) groups excluding carboxylic acids is 1. The Balaban J connectivity index is 2.48. The highest BCUT2D eigenvalue weighted by Gasteiger charge is 2.42. The van der Waals surface area contributed by atoms with Gasteiger partial charge in [0.2, 0.25) is 0 Å². The van der Waals surface area contributed by atoms with Gasteiger partial charge in [0.15, 0.2) is 5.60 Å². The quantitative estimate of drug-likeness (QED) is 0.749. The van der Waals surface area contributed by atoms with Crippen molar-refractivity contribution in [1.29, 1.82) is 0 Å². The smallest absolute Gasteiger partial charge is 0.416 e. The summed E-state index contributed by atoms with van der Waals surface area (Å²) in [5, 5.41) is 0. The van der Waals surface area contributed by atoms with Crippen molar-refractivity contribution < 1.29 is 22.7 Å². The van der Waals surface area contributed by atoms with Crippen LogP contribution in [0.5, 0.6) is 5.75 Å². The highest BCUT2D eigenvalue weighted by atomic mass is 19.4. The van der Waals surface area contributed by atoms with Crippen LogP contribution in [0, 0.1) is 6.92 Å². The van der Waals surface area contributed by atoms with Crippen LogP contribution < -0.4 is 9.64 Å².